The number of hydrogen-bond acceptors (Lipinski definition) is 3. The molecule has 0 aromatic heterocycles. The summed E-state index contributed by atoms with van der Waals surface area (Å²) in [6, 6.07) is 10.7. The second kappa shape index (κ2) is 6.46. The maximum atomic E-state index is 13.1. The highest BCUT2D eigenvalue weighted by atomic mass is 79.9. The number of nitrogens with zero attached hydrogens (tertiary/aromatic N) is 2. The van der Waals surface area contributed by atoms with Crippen LogP contribution in [0, 0.1) is 6.92 Å². The monoisotopic (exact) mass is 422 g/mol. The van der Waals surface area contributed by atoms with Gasteiger partial charge in [-0.1, -0.05) is 12.1 Å². The highest BCUT2D eigenvalue weighted by molar-refractivity contribution is 9.10. The highest BCUT2D eigenvalue weighted by Gasteiger charge is 2.29. The van der Waals surface area contributed by atoms with Crippen LogP contribution in [0.4, 0.5) is 11.4 Å². The predicted octanol–water partition coefficient (Wildman–Crippen LogP) is 3.49. The molecule has 1 amide bonds. The number of rotatable bonds is 3. The van der Waals surface area contributed by atoms with Crippen LogP contribution in [-0.2, 0) is 21.2 Å². The van der Waals surface area contributed by atoms with Gasteiger partial charge in [0.2, 0.25) is 5.91 Å². The molecule has 0 fully saturated rings. The van der Waals surface area contributed by atoms with E-state index in [0.29, 0.717) is 22.4 Å². The summed E-state index contributed by atoms with van der Waals surface area (Å²) < 4.78 is 28.0. The maximum Gasteiger partial charge on any atom is 0.265 e. The summed E-state index contributed by atoms with van der Waals surface area (Å²) in [5.41, 5.74) is 3.22. The Balaban J connectivity index is 2.09. The van der Waals surface area contributed by atoms with Crippen molar-refractivity contribution in [2.75, 3.05) is 22.8 Å². The average molecular weight is 423 g/mol. The number of fused-ring (bicyclic) bond motifs is 1. The number of amides is 1. The van der Waals surface area contributed by atoms with Gasteiger partial charge in [0, 0.05) is 30.7 Å². The topological polar surface area (TPSA) is 57.7 Å². The molecule has 0 aliphatic carbocycles. The van der Waals surface area contributed by atoms with Crippen LogP contribution in [0.25, 0.3) is 0 Å². The molecule has 0 radical (unpaired) electrons. The zero-order valence-electron chi connectivity index (χ0n) is 14.3. The fourth-order valence-electron chi connectivity index (χ4n) is 3.02. The van der Waals surface area contributed by atoms with Gasteiger partial charge in [0.15, 0.2) is 0 Å². The first-order valence-corrected chi connectivity index (χ1v) is 10.1. The second-order valence-electron chi connectivity index (χ2n) is 6.14. The zero-order valence-corrected chi connectivity index (χ0v) is 16.7. The fraction of sp³-hybridized carbons (Fsp3) is 0.278. The summed E-state index contributed by atoms with van der Waals surface area (Å²) in [7, 11) is -2.23. The van der Waals surface area contributed by atoms with Gasteiger partial charge in [-0.15, -0.1) is 0 Å². The third-order valence-electron chi connectivity index (χ3n) is 4.41. The SMILES string of the molecule is CC(=O)N1CCc2cc(Br)c(S(=O)(=O)N(C)c3cccc(C)c3)cc21. The summed E-state index contributed by atoms with van der Waals surface area (Å²) in [5.74, 6) is -0.0866. The minimum atomic E-state index is -3.76. The van der Waals surface area contributed by atoms with Gasteiger partial charge in [0.25, 0.3) is 10.0 Å². The summed E-state index contributed by atoms with van der Waals surface area (Å²) in [4.78, 5) is 13.6. The first kappa shape index (κ1) is 17.9. The van der Waals surface area contributed by atoms with E-state index in [1.165, 1.54) is 18.3 Å². The number of halogens is 1. The van der Waals surface area contributed by atoms with Gasteiger partial charge in [-0.2, -0.15) is 0 Å². The van der Waals surface area contributed by atoms with Crippen LogP contribution >= 0.6 is 15.9 Å². The lowest BCUT2D eigenvalue weighted by atomic mass is 10.2. The number of sulfonamides is 1. The Morgan fingerprint density at radius 2 is 1.96 bits per heavy atom. The highest BCUT2D eigenvalue weighted by Crippen LogP contribution is 2.37. The summed E-state index contributed by atoms with van der Waals surface area (Å²) in [5, 5.41) is 0. The molecule has 0 saturated carbocycles. The van der Waals surface area contributed by atoms with Gasteiger partial charge in [-0.25, -0.2) is 8.42 Å². The molecular formula is C18H19BrN2O3S. The minimum absolute atomic E-state index is 0.0866. The Morgan fingerprint density at radius 3 is 2.60 bits per heavy atom. The van der Waals surface area contributed by atoms with Crippen molar-refractivity contribution in [2.24, 2.45) is 0 Å². The molecule has 0 spiro atoms. The first-order chi connectivity index (χ1) is 11.7. The Bertz CT molecular complexity index is 957. The molecule has 0 unspecified atom stereocenters. The van der Waals surface area contributed by atoms with E-state index in [0.717, 1.165) is 17.5 Å². The van der Waals surface area contributed by atoms with E-state index in [4.69, 9.17) is 0 Å². The molecule has 2 aromatic carbocycles. The number of carbonyl (C=O) groups is 1. The van der Waals surface area contributed by atoms with Crippen LogP contribution in [-0.4, -0.2) is 27.9 Å². The van der Waals surface area contributed by atoms with Crippen LogP contribution in [0.3, 0.4) is 0 Å². The van der Waals surface area contributed by atoms with Gasteiger partial charge in [-0.05, 0) is 64.7 Å². The number of carbonyl (C=O) groups excluding carboxylic acids is 1. The van der Waals surface area contributed by atoms with Gasteiger partial charge >= 0.3 is 0 Å². The van der Waals surface area contributed by atoms with E-state index in [1.54, 1.807) is 23.1 Å². The van der Waals surface area contributed by atoms with E-state index in [2.05, 4.69) is 15.9 Å². The molecule has 1 aliphatic rings. The van der Waals surface area contributed by atoms with Crippen LogP contribution in [0.1, 0.15) is 18.1 Å². The van der Waals surface area contributed by atoms with Crippen molar-refractivity contribution in [3.05, 3.63) is 52.0 Å². The fourth-order valence-corrected chi connectivity index (χ4v) is 5.28. The molecule has 0 saturated heterocycles. The molecule has 5 nitrogen and oxygen atoms in total. The molecule has 3 rings (SSSR count). The van der Waals surface area contributed by atoms with Crippen molar-refractivity contribution >= 4 is 43.2 Å². The molecule has 1 heterocycles. The zero-order chi connectivity index (χ0) is 18.4. The lowest BCUT2D eigenvalue weighted by molar-refractivity contribution is -0.116. The number of anilines is 2. The standard InChI is InChI=1S/C18H19BrN2O3S/c1-12-5-4-6-15(9-12)20(3)25(23,24)18-11-17-14(10-16(18)19)7-8-21(17)13(2)22/h4-6,9-11H,7-8H2,1-3H3. The number of aryl methyl sites for hydroxylation is 1. The Morgan fingerprint density at radius 1 is 1.24 bits per heavy atom. The molecule has 0 atom stereocenters. The molecule has 7 heteroatoms. The van der Waals surface area contributed by atoms with Crippen molar-refractivity contribution < 1.29 is 13.2 Å². The minimum Gasteiger partial charge on any atom is -0.312 e. The largest absolute Gasteiger partial charge is 0.312 e. The lowest BCUT2D eigenvalue weighted by Crippen LogP contribution is -2.28. The van der Waals surface area contributed by atoms with E-state index in [-0.39, 0.29) is 10.8 Å². The molecule has 2 aromatic rings. The average Bonchev–Trinajstić information content (AvgIpc) is 2.96. The van der Waals surface area contributed by atoms with Crippen molar-refractivity contribution in [3.63, 3.8) is 0 Å². The predicted molar refractivity (Wildman–Crippen MR) is 103 cm³/mol. The third-order valence-corrected chi connectivity index (χ3v) is 7.16. The van der Waals surface area contributed by atoms with Crippen LogP contribution in [0.5, 0.6) is 0 Å². The number of hydrogen-bond donors (Lipinski definition) is 0. The van der Waals surface area contributed by atoms with Gasteiger partial charge in [0.05, 0.1) is 5.69 Å². The van der Waals surface area contributed by atoms with E-state index < -0.39 is 10.0 Å². The third kappa shape index (κ3) is 3.18. The van der Waals surface area contributed by atoms with Crippen molar-refractivity contribution in [1.82, 2.24) is 0 Å². The summed E-state index contributed by atoms with van der Waals surface area (Å²) in [6.07, 6.45) is 0.724. The van der Waals surface area contributed by atoms with E-state index in [1.807, 2.05) is 25.1 Å². The first-order valence-electron chi connectivity index (χ1n) is 7.88. The smallest absolute Gasteiger partial charge is 0.265 e. The lowest BCUT2D eigenvalue weighted by Gasteiger charge is -2.22. The summed E-state index contributed by atoms with van der Waals surface area (Å²) >= 11 is 3.39. The van der Waals surface area contributed by atoms with Gasteiger partial charge in [-0.3, -0.25) is 9.10 Å². The molecule has 0 bridgehead atoms. The van der Waals surface area contributed by atoms with E-state index in [9.17, 15) is 13.2 Å². The Hall–Kier alpha value is -1.86. The van der Waals surface area contributed by atoms with Crippen molar-refractivity contribution in [1.29, 1.82) is 0 Å². The number of benzene rings is 2. The normalized spacial score (nSPS) is 13.7. The quantitative estimate of drug-likeness (QED) is 0.760. The Labute approximate surface area is 156 Å². The van der Waals surface area contributed by atoms with Crippen LogP contribution in [0.2, 0.25) is 0 Å². The molecule has 0 N–H and O–H groups in total. The molecule has 1 aliphatic heterocycles. The maximum absolute atomic E-state index is 13.1. The molecular weight excluding hydrogens is 404 g/mol. The van der Waals surface area contributed by atoms with E-state index >= 15 is 0 Å². The van der Waals surface area contributed by atoms with Crippen molar-refractivity contribution in [2.45, 2.75) is 25.2 Å². The van der Waals surface area contributed by atoms with Gasteiger partial charge in [0.1, 0.15) is 4.90 Å². The Kier molecular flexibility index (Phi) is 4.64. The molecule has 25 heavy (non-hydrogen) atoms. The summed E-state index contributed by atoms with van der Waals surface area (Å²) in [6.45, 7) is 3.98. The van der Waals surface area contributed by atoms with Crippen molar-refractivity contribution in [3.8, 4) is 0 Å². The van der Waals surface area contributed by atoms with Gasteiger partial charge < -0.3 is 4.90 Å². The van der Waals surface area contributed by atoms with Crippen LogP contribution in [0.15, 0.2) is 45.8 Å². The van der Waals surface area contributed by atoms with Crippen LogP contribution < -0.4 is 9.21 Å². The second-order valence-corrected chi connectivity index (χ2v) is 8.94. The molecule has 132 valence electrons.